The topological polar surface area (TPSA) is 58.9 Å². The highest BCUT2D eigenvalue weighted by molar-refractivity contribution is 6.80. The van der Waals surface area contributed by atoms with E-state index in [1.54, 1.807) is 0 Å². The van der Waals surface area contributed by atoms with Crippen LogP contribution in [0.15, 0.2) is 0 Å². The van der Waals surface area contributed by atoms with Crippen LogP contribution in [0.3, 0.4) is 0 Å². The Morgan fingerprint density at radius 1 is 0.529 bits per heavy atom. The minimum atomic E-state index is -1.17. The molecule has 0 aliphatic heterocycles. The second-order valence-electron chi connectivity index (χ2n) is 11.2. The minimum Gasteiger partial charge on any atom is -0.396 e. The summed E-state index contributed by atoms with van der Waals surface area (Å²) in [4.78, 5) is 0. The van der Waals surface area contributed by atoms with Gasteiger partial charge in [-0.3, -0.25) is 0 Å². The molecule has 0 aliphatic rings. The summed E-state index contributed by atoms with van der Waals surface area (Å²) in [6.45, 7) is 16.0. The molecule has 6 heteroatoms. The van der Waals surface area contributed by atoms with Crippen molar-refractivity contribution in [2.75, 3.05) is 39.6 Å². The third-order valence-electron chi connectivity index (χ3n) is 8.13. The zero-order valence-corrected chi connectivity index (χ0v) is 26.1. The van der Waals surface area contributed by atoms with Gasteiger partial charge in [0.25, 0.3) is 0 Å². The van der Waals surface area contributed by atoms with Crippen LogP contribution in [0.25, 0.3) is 0 Å². The van der Waals surface area contributed by atoms with Crippen molar-refractivity contribution in [2.24, 2.45) is 5.41 Å². The molecule has 0 aromatic heterocycles. The summed E-state index contributed by atoms with van der Waals surface area (Å²) in [5, 5.41) is 20.1. The van der Waals surface area contributed by atoms with Gasteiger partial charge in [-0.05, 0) is 12.8 Å². The van der Waals surface area contributed by atoms with Crippen LogP contribution in [0, 0.1) is 5.41 Å². The zero-order valence-electron chi connectivity index (χ0n) is 24.1. The molecule has 0 unspecified atom stereocenters. The van der Waals surface area contributed by atoms with Crippen LogP contribution in [0.4, 0.5) is 0 Å². The molecule has 4 nitrogen and oxygen atoms in total. The summed E-state index contributed by atoms with van der Waals surface area (Å²) in [6, 6.07) is 11.3. The summed E-state index contributed by atoms with van der Waals surface area (Å²) >= 11 is 0. The van der Waals surface area contributed by atoms with E-state index >= 15 is 0 Å². The van der Waals surface area contributed by atoms with Gasteiger partial charge in [-0.1, -0.05) is 122 Å². The number of ether oxygens (including phenoxy) is 2. The molecule has 0 heterocycles. The maximum atomic E-state index is 10.0. The number of rotatable bonds is 25. The van der Waals surface area contributed by atoms with Gasteiger partial charge in [0.1, 0.15) is 0 Å². The van der Waals surface area contributed by atoms with E-state index in [2.05, 4.69) is 41.5 Å². The van der Waals surface area contributed by atoms with Crippen molar-refractivity contribution >= 4 is 16.1 Å². The smallest absolute Gasteiger partial charge is 0.0632 e. The molecule has 2 N–H and O–H groups in total. The zero-order chi connectivity index (χ0) is 25.8. The van der Waals surface area contributed by atoms with Gasteiger partial charge in [0.15, 0.2) is 0 Å². The van der Waals surface area contributed by atoms with E-state index < -0.39 is 21.6 Å². The molecule has 34 heavy (non-hydrogen) atoms. The van der Waals surface area contributed by atoms with Crippen LogP contribution in [-0.4, -0.2) is 66.0 Å². The van der Waals surface area contributed by atoms with Gasteiger partial charge in [0.05, 0.1) is 48.0 Å². The van der Waals surface area contributed by atoms with Gasteiger partial charge >= 0.3 is 0 Å². The number of aliphatic hydroxyl groups excluding tert-OH is 2. The van der Waals surface area contributed by atoms with Gasteiger partial charge in [0.2, 0.25) is 0 Å². The monoisotopic (exact) mass is 518 g/mol. The molecule has 0 bridgehead atoms. The highest BCUT2D eigenvalue weighted by Crippen LogP contribution is 2.32. The van der Waals surface area contributed by atoms with Crippen molar-refractivity contribution in [1.82, 2.24) is 0 Å². The molecule has 0 spiro atoms. The van der Waals surface area contributed by atoms with Crippen molar-refractivity contribution < 1.29 is 19.7 Å². The van der Waals surface area contributed by atoms with E-state index in [0.717, 1.165) is 26.1 Å². The Kier molecular flexibility index (Phi) is 20.5. The fourth-order valence-corrected chi connectivity index (χ4v) is 16.7. The predicted molar refractivity (Wildman–Crippen MR) is 155 cm³/mol. The van der Waals surface area contributed by atoms with Gasteiger partial charge in [-0.15, -0.1) is 0 Å². The minimum absolute atomic E-state index is 0.0942. The molecule has 0 radical (unpaired) electrons. The van der Waals surface area contributed by atoms with Gasteiger partial charge < -0.3 is 19.7 Å². The lowest BCUT2D eigenvalue weighted by molar-refractivity contribution is -0.0767. The molecule has 0 aromatic rings. The van der Waals surface area contributed by atoms with E-state index in [1.807, 2.05) is 0 Å². The first-order valence-electron chi connectivity index (χ1n) is 14.8. The molecule has 0 atom stereocenters. The first-order chi connectivity index (χ1) is 16.4. The normalized spacial score (nSPS) is 13.1. The summed E-state index contributed by atoms with van der Waals surface area (Å²) < 4.78 is 12.0. The second kappa shape index (κ2) is 20.3. The maximum Gasteiger partial charge on any atom is 0.0632 e. The second-order valence-corrected chi connectivity index (χ2v) is 21.4. The number of hydrogen-bond donors (Lipinski definition) is 2. The van der Waals surface area contributed by atoms with Gasteiger partial charge in [0, 0.05) is 13.2 Å². The average molecular weight is 519 g/mol. The Balaban J connectivity index is 4.54. The van der Waals surface area contributed by atoms with Crippen molar-refractivity contribution in [3.63, 3.8) is 0 Å². The fraction of sp³-hybridized carbons (Fsp3) is 1.00. The van der Waals surface area contributed by atoms with Crippen LogP contribution < -0.4 is 0 Å². The molecule has 0 saturated heterocycles. The Labute approximate surface area is 215 Å². The molecule has 0 rings (SSSR count). The Morgan fingerprint density at radius 2 is 0.882 bits per heavy atom. The summed E-state index contributed by atoms with van der Waals surface area (Å²) in [5.74, 6) is 0. The highest BCUT2D eigenvalue weighted by Gasteiger charge is 2.32. The number of hydrogen-bond acceptors (Lipinski definition) is 4. The van der Waals surface area contributed by atoms with Gasteiger partial charge in [-0.25, -0.2) is 0 Å². The molecule has 0 aliphatic carbocycles. The van der Waals surface area contributed by atoms with E-state index in [0.29, 0.717) is 13.2 Å². The SMILES string of the molecule is CCC[Si](CC)(CCC)CCCOCC(CO)(CO)COCCC[Si](CCC)(CCC)CCC. The summed E-state index contributed by atoms with van der Waals surface area (Å²) in [5.41, 5.74) is -0.684. The molecular formula is C28H62O4Si2. The third-order valence-corrected chi connectivity index (χ3v) is 20.3. The van der Waals surface area contributed by atoms with Crippen LogP contribution in [0.2, 0.25) is 48.4 Å². The lowest BCUT2D eigenvalue weighted by Crippen LogP contribution is -2.40. The molecule has 0 fully saturated rings. The van der Waals surface area contributed by atoms with E-state index in [9.17, 15) is 10.2 Å². The van der Waals surface area contributed by atoms with Crippen LogP contribution in [0.5, 0.6) is 0 Å². The Hall–Kier alpha value is 0.274. The first kappa shape index (κ1) is 34.3. The average Bonchev–Trinajstić information content (AvgIpc) is 2.83. The van der Waals surface area contributed by atoms with Gasteiger partial charge in [-0.2, -0.15) is 0 Å². The summed E-state index contributed by atoms with van der Waals surface area (Å²) in [7, 11) is -2.32. The van der Waals surface area contributed by atoms with Crippen molar-refractivity contribution in [3.8, 4) is 0 Å². The fourth-order valence-electron chi connectivity index (χ4n) is 6.26. The largest absolute Gasteiger partial charge is 0.396 e. The first-order valence-corrected chi connectivity index (χ1v) is 20.4. The molecule has 0 amide bonds. The standard InChI is InChI=1S/C28H62O4Si2/c1-7-17-33(12-6,18-8-2)22-13-15-31-26-28(24-29,25-30)27-32-16-14-23-34(19-9-3,20-10-4)21-11-5/h29-30H,7-27H2,1-6H3. The van der Waals surface area contributed by atoms with Crippen molar-refractivity contribution in [2.45, 2.75) is 135 Å². The molecule has 206 valence electrons. The Bertz CT molecular complexity index is 435. The third kappa shape index (κ3) is 13.0. The quantitative estimate of drug-likeness (QED) is 0.0958. The molecule has 0 aromatic carbocycles. The predicted octanol–water partition coefficient (Wildman–Crippen LogP) is 7.74. The number of aliphatic hydroxyl groups is 2. The maximum absolute atomic E-state index is 10.0. The summed E-state index contributed by atoms with van der Waals surface area (Å²) in [6.07, 6.45) is 8.74. The lowest BCUT2D eigenvalue weighted by Gasteiger charge is -2.32. The van der Waals surface area contributed by atoms with Crippen LogP contribution in [0.1, 0.15) is 86.5 Å². The van der Waals surface area contributed by atoms with E-state index in [-0.39, 0.29) is 13.2 Å². The Morgan fingerprint density at radius 3 is 1.21 bits per heavy atom. The van der Waals surface area contributed by atoms with E-state index in [1.165, 1.54) is 80.5 Å². The highest BCUT2D eigenvalue weighted by atomic mass is 28.3. The molecular weight excluding hydrogens is 456 g/mol. The lowest BCUT2D eigenvalue weighted by atomic mass is 9.92. The van der Waals surface area contributed by atoms with E-state index in [4.69, 9.17) is 9.47 Å². The van der Waals surface area contributed by atoms with Crippen LogP contribution in [-0.2, 0) is 9.47 Å². The van der Waals surface area contributed by atoms with Crippen molar-refractivity contribution in [1.29, 1.82) is 0 Å². The van der Waals surface area contributed by atoms with Crippen molar-refractivity contribution in [3.05, 3.63) is 0 Å². The molecule has 0 saturated carbocycles. The van der Waals surface area contributed by atoms with Crippen LogP contribution >= 0.6 is 0 Å².